The first-order valence-corrected chi connectivity index (χ1v) is 12.4. The second-order valence-electron chi connectivity index (χ2n) is 9.69. The Morgan fingerprint density at radius 3 is 2.51 bits per heavy atom. The number of benzene rings is 3. The molecule has 7 rings (SSSR count). The summed E-state index contributed by atoms with van der Waals surface area (Å²) in [5.41, 5.74) is 11.1. The Morgan fingerprint density at radius 2 is 1.66 bits per heavy atom. The Morgan fingerprint density at radius 1 is 0.857 bits per heavy atom. The Bertz CT molecular complexity index is 1770. The van der Waals surface area contributed by atoms with Crippen molar-refractivity contribution in [1.29, 1.82) is 0 Å². The molecule has 35 heavy (non-hydrogen) atoms. The van der Waals surface area contributed by atoms with E-state index in [1.165, 1.54) is 27.9 Å². The highest BCUT2D eigenvalue weighted by Gasteiger charge is 2.21. The average Bonchev–Trinajstić information content (AvgIpc) is 3.51. The van der Waals surface area contributed by atoms with E-state index >= 15 is 0 Å². The first kappa shape index (κ1) is 20.3. The van der Waals surface area contributed by atoms with Crippen molar-refractivity contribution in [2.75, 3.05) is 0 Å². The molecule has 1 atom stereocenters. The van der Waals surface area contributed by atoms with Gasteiger partial charge in [0.2, 0.25) is 0 Å². The summed E-state index contributed by atoms with van der Waals surface area (Å²) in [5.74, 6) is 2.35. The van der Waals surface area contributed by atoms with Crippen molar-refractivity contribution in [3.8, 4) is 22.4 Å². The zero-order chi connectivity index (χ0) is 23.7. The van der Waals surface area contributed by atoms with Crippen molar-refractivity contribution < 1.29 is 0 Å². The second kappa shape index (κ2) is 7.47. The Kier molecular flexibility index (Phi) is 4.34. The van der Waals surface area contributed by atoms with E-state index in [9.17, 15) is 0 Å². The van der Waals surface area contributed by atoms with Gasteiger partial charge in [-0.2, -0.15) is 0 Å². The number of rotatable bonds is 3. The quantitative estimate of drug-likeness (QED) is 0.291. The van der Waals surface area contributed by atoms with Crippen LogP contribution in [0, 0.1) is 6.92 Å². The minimum atomic E-state index is 0.359. The van der Waals surface area contributed by atoms with Crippen LogP contribution in [-0.2, 0) is 12.8 Å². The van der Waals surface area contributed by atoms with Crippen molar-refractivity contribution in [1.82, 2.24) is 29.9 Å². The molecule has 0 saturated carbocycles. The molecule has 6 nitrogen and oxygen atoms in total. The minimum absolute atomic E-state index is 0.359. The van der Waals surface area contributed by atoms with Crippen LogP contribution in [0.1, 0.15) is 49.1 Å². The highest BCUT2D eigenvalue weighted by Crippen LogP contribution is 2.38. The molecule has 0 amide bonds. The summed E-state index contributed by atoms with van der Waals surface area (Å²) in [7, 11) is 0. The van der Waals surface area contributed by atoms with E-state index in [4.69, 9.17) is 19.9 Å². The fourth-order valence-electron chi connectivity index (χ4n) is 5.44. The van der Waals surface area contributed by atoms with Crippen LogP contribution in [-0.4, -0.2) is 29.9 Å². The molecule has 0 saturated heterocycles. The summed E-state index contributed by atoms with van der Waals surface area (Å²) in [6.45, 7) is 6.42. The number of nitrogens with zero attached hydrogens (tertiary/aromatic N) is 4. The van der Waals surface area contributed by atoms with Gasteiger partial charge in [0.15, 0.2) is 0 Å². The van der Waals surface area contributed by atoms with Gasteiger partial charge in [0.25, 0.3) is 0 Å². The van der Waals surface area contributed by atoms with Crippen LogP contribution in [0.4, 0.5) is 0 Å². The summed E-state index contributed by atoms with van der Waals surface area (Å²) in [6, 6.07) is 13.4. The van der Waals surface area contributed by atoms with Crippen LogP contribution in [0.15, 0.2) is 48.8 Å². The molecule has 0 radical (unpaired) electrons. The number of H-pyrrole nitrogens is 2. The number of hydrogen-bond acceptors (Lipinski definition) is 4. The molecule has 0 bridgehead atoms. The molecule has 1 unspecified atom stereocenters. The van der Waals surface area contributed by atoms with Crippen molar-refractivity contribution >= 4 is 32.8 Å². The summed E-state index contributed by atoms with van der Waals surface area (Å²) in [4.78, 5) is 26.2. The maximum Gasteiger partial charge on any atom is 0.115 e. The number of imidazole rings is 2. The van der Waals surface area contributed by atoms with E-state index in [1.54, 1.807) is 12.4 Å². The van der Waals surface area contributed by atoms with Gasteiger partial charge in [0, 0.05) is 40.3 Å². The van der Waals surface area contributed by atoms with E-state index in [-0.39, 0.29) is 0 Å². The van der Waals surface area contributed by atoms with Crippen LogP contribution in [0.25, 0.3) is 55.2 Å². The molecule has 3 heterocycles. The lowest BCUT2D eigenvalue weighted by Gasteiger charge is -2.17. The lowest BCUT2D eigenvalue weighted by Crippen LogP contribution is -2.03. The fraction of sp³-hybridized carbons (Fsp3) is 0.241. The third kappa shape index (κ3) is 3.02. The summed E-state index contributed by atoms with van der Waals surface area (Å²) < 4.78 is 0. The van der Waals surface area contributed by atoms with Gasteiger partial charge in [-0.25, -0.2) is 9.97 Å². The van der Waals surface area contributed by atoms with Gasteiger partial charge in [-0.3, -0.25) is 9.97 Å². The van der Waals surface area contributed by atoms with E-state index in [0.29, 0.717) is 5.92 Å². The molecule has 6 aromatic rings. The molecule has 3 aromatic heterocycles. The van der Waals surface area contributed by atoms with Crippen molar-refractivity contribution in [2.45, 2.75) is 46.0 Å². The number of aryl methyl sites for hydroxylation is 3. The van der Waals surface area contributed by atoms with Crippen LogP contribution in [0.3, 0.4) is 0 Å². The predicted octanol–water partition coefficient (Wildman–Crippen LogP) is 6.64. The van der Waals surface area contributed by atoms with Crippen LogP contribution >= 0.6 is 0 Å². The van der Waals surface area contributed by atoms with E-state index in [2.05, 4.69) is 60.2 Å². The standard InChI is InChI=1S/C29H26N6/c1-4-15(2)29-34-26-21-9-6-18(14-22(21)25-27(28(26)35-29)31-12-11-30-25)17-5-8-20-19(13-17)7-10-23-24(20)33-16(3)32-23/h5-6,8-9,11-15H,4,7,10H2,1-3H3,(H,32,33)(H,34,35). The number of nitrogens with one attached hydrogen (secondary N) is 2. The zero-order valence-corrected chi connectivity index (χ0v) is 20.1. The van der Waals surface area contributed by atoms with Gasteiger partial charge < -0.3 is 9.97 Å². The van der Waals surface area contributed by atoms with Gasteiger partial charge in [-0.05, 0) is 48.9 Å². The summed E-state index contributed by atoms with van der Waals surface area (Å²) in [5, 5.41) is 2.19. The van der Waals surface area contributed by atoms with Crippen molar-refractivity contribution in [2.24, 2.45) is 0 Å². The third-order valence-corrected chi connectivity index (χ3v) is 7.50. The van der Waals surface area contributed by atoms with E-state index < -0.39 is 0 Å². The molecule has 2 N–H and O–H groups in total. The Labute approximate surface area is 202 Å². The molecule has 0 spiro atoms. The highest BCUT2D eigenvalue weighted by molar-refractivity contribution is 6.21. The van der Waals surface area contributed by atoms with Crippen LogP contribution < -0.4 is 0 Å². The first-order valence-electron chi connectivity index (χ1n) is 12.4. The van der Waals surface area contributed by atoms with Crippen LogP contribution in [0.5, 0.6) is 0 Å². The lowest BCUT2D eigenvalue weighted by atomic mass is 9.89. The monoisotopic (exact) mass is 458 g/mol. The number of fused-ring (bicyclic) bond motifs is 9. The average molecular weight is 459 g/mol. The third-order valence-electron chi connectivity index (χ3n) is 7.50. The minimum Gasteiger partial charge on any atom is -0.346 e. The molecule has 172 valence electrons. The zero-order valence-electron chi connectivity index (χ0n) is 20.1. The summed E-state index contributed by atoms with van der Waals surface area (Å²) >= 11 is 0. The van der Waals surface area contributed by atoms with E-state index in [0.717, 1.165) is 69.4 Å². The van der Waals surface area contributed by atoms with Crippen molar-refractivity contribution in [3.63, 3.8) is 0 Å². The van der Waals surface area contributed by atoms with Gasteiger partial charge in [0.05, 0.1) is 22.2 Å². The highest BCUT2D eigenvalue weighted by atomic mass is 14.9. The molecule has 1 aliphatic rings. The fourth-order valence-corrected chi connectivity index (χ4v) is 5.44. The molecule has 3 aromatic carbocycles. The Balaban J connectivity index is 1.43. The normalized spacial score (nSPS) is 13.9. The Hall–Kier alpha value is -4.06. The molecule has 0 fully saturated rings. The number of hydrogen-bond donors (Lipinski definition) is 2. The largest absolute Gasteiger partial charge is 0.346 e. The topological polar surface area (TPSA) is 83.1 Å². The summed E-state index contributed by atoms with van der Waals surface area (Å²) in [6.07, 6.45) is 6.58. The number of aromatic nitrogens is 6. The van der Waals surface area contributed by atoms with Gasteiger partial charge in [-0.1, -0.05) is 44.2 Å². The molecule has 1 aliphatic carbocycles. The molecule has 0 aliphatic heterocycles. The SMILES string of the molecule is CCC(C)c1nc2c3ccc(-c4ccc5c(c4)CCc4[nH]c(C)nc4-5)cc3c3nccnc3c2[nH]1. The first-order chi connectivity index (χ1) is 17.1. The predicted molar refractivity (Wildman–Crippen MR) is 141 cm³/mol. The van der Waals surface area contributed by atoms with Crippen molar-refractivity contribution in [3.05, 3.63) is 71.7 Å². The van der Waals surface area contributed by atoms with Gasteiger partial charge in [0.1, 0.15) is 17.2 Å². The smallest absolute Gasteiger partial charge is 0.115 e. The van der Waals surface area contributed by atoms with E-state index in [1.807, 2.05) is 6.92 Å². The molecule has 6 heteroatoms. The maximum absolute atomic E-state index is 5.01. The van der Waals surface area contributed by atoms with Gasteiger partial charge >= 0.3 is 0 Å². The maximum atomic E-state index is 5.01. The second-order valence-corrected chi connectivity index (χ2v) is 9.69. The number of aromatic amines is 2. The van der Waals surface area contributed by atoms with Crippen LogP contribution in [0.2, 0.25) is 0 Å². The van der Waals surface area contributed by atoms with Gasteiger partial charge in [-0.15, -0.1) is 0 Å². The molecular formula is C29H26N6. The lowest BCUT2D eigenvalue weighted by molar-refractivity contribution is 0.692. The molecular weight excluding hydrogens is 432 g/mol.